The van der Waals surface area contributed by atoms with Crippen molar-refractivity contribution in [2.75, 3.05) is 0 Å². The molecule has 86 valence electrons. The molecule has 0 fully saturated rings. The van der Waals surface area contributed by atoms with Gasteiger partial charge in [0.1, 0.15) is 11.7 Å². The Morgan fingerprint density at radius 1 is 1.41 bits per heavy atom. The summed E-state index contributed by atoms with van der Waals surface area (Å²) in [6.07, 6.45) is 4.15. The third-order valence-corrected chi connectivity index (χ3v) is 3.50. The number of pyridine rings is 1. The van der Waals surface area contributed by atoms with Crippen LogP contribution in [0.1, 0.15) is 35.4 Å². The number of H-pyrrole nitrogens is 1. The summed E-state index contributed by atoms with van der Waals surface area (Å²) >= 11 is 0. The Morgan fingerprint density at radius 3 is 2.94 bits per heavy atom. The number of nitrogens with one attached hydrogen (secondary N) is 1. The van der Waals surface area contributed by atoms with Gasteiger partial charge in [0, 0.05) is 17.5 Å². The lowest BCUT2D eigenvalue weighted by molar-refractivity contribution is 0.658. The smallest absolute Gasteiger partial charge is 0.256 e. The van der Waals surface area contributed by atoms with Gasteiger partial charge in [-0.3, -0.25) is 9.20 Å². The molecule has 0 unspecified atom stereocenters. The highest BCUT2D eigenvalue weighted by Crippen LogP contribution is 2.23. The van der Waals surface area contributed by atoms with E-state index in [1.54, 1.807) is 17.4 Å². The normalized spacial score (nSPS) is 14.6. The number of hydrogen-bond donors (Lipinski definition) is 1. The average molecular weight is 227 g/mol. The first-order valence-corrected chi connectivity index (χ1v) is 5.88. The Morgan fingerprint density at radius 2 is 2.18 bits per heavy atom. The Hall–Kier alpha value is -2.02. The van der Waals surface area contributed by atoms with Crippen molar-refractivity contribution in [2.24, 2.45) is 0 Å². The van der Waals surface area contributed by atoms with Crippen LogP contribution in [-0.4, -0.2) is 9.38 Å². The van der Waals surface area contributed by atoms with Crippen LogP contribution in [0.4, 0.5) is 0 Å². The van der Waals surface area contributed by atoms with E-state index in [0.717, 1.165) is 42.6 Å². The van der Waals surface area contributed by atoms with Crippen LogP contribution in [-0.2, 0) is 12.8 Å². The molecule has 2 aromatic heterocycles. The summed E-state index contributed by atoms with van der Waals surface area (Å²) in [4.78, 5) is 15.3. The fourth-order valence-electron chi connectivity index (χ4n) is 2.67. The van der Waals surface area contributed by atoms with Crippen molar-refractivity contribution < 1.29 is 0 Å². The van der Waals surface area contributed by atoms with Gasteiger partial charge in [0.25, 0.3) is 5.56 Å². The Kier molecular flexibility index (Phi) is 2.08. The summed E-state index contributed by atoms with van der Waals surface area (Å²) in [5.41, 5.74) is 4.15. The molecular formula is C13H13N3O. The molecule has 0 atom stereocenters. The van der Waals surface area contributed by atoms with E-state index in [0.29, 0.717) is 11.2 Å². The molecule has 2 heterocycles. The number of nitriles is 1. The number of fused-ring (bicyclic) bond motifs is 3. The maximum Gasteiger partial charge on any atom is 0.256 e. The van der Waals surface area contributed by atoms with E-state index in [9.17, 15) is 10.1 Å². The largest absolute Gasteiger partial charge is 0.342 e. The van der Waals surface area contributed by atoms with Crippen molar-refractivity contribution in [1.82, 2.24) is 9.38 Å². The predicted octanol–water partition coefficient (Wildman–Crippen LogP) is 1.69. The highest BCUT2D eigenvalue weighted by atomic mass is 16.1. The van der Waals surface area contributed by atoms with Gasteiger partial charge in [-0.15, -0.1) is 0 Å². The lowest BCUT2D eigenvalue weighted by Gasteiger charge is -2.10. The number of nitrogens with zero attached hydrogens (tertiary/aromatic N) is 2. The third-order valence-electron chi connectivity index (χ3n) is 3.50. The molecule has 0 spiro atoms. The molecule has 4 nitrogen and oxygen atoms in total. The second-order valence-corrected chi connectivity index (χ2v) is 4.59. The highest BCUT2D eigenvalue weighted by molar-refractivity contribution is 5.60. The van der Waals surface area contributed by atoms with Crippen LogP contribution in [0.3, 0.4) is 0 Å². The summed E-state index contributed by atoms with van der Waals surface area (Å²) in [5.74, 6) is 0. The molecule has 0 radical (unpaired) electrons. The second-order valence-electron chi connectivity index (χ2n) is 4.59. The molecule has 1 N–H and O–H groups in total. The van der Waals surface area contributed by atoms with Gasteiger partial charge in [-0.05, 0) is 38.2 Å². The summed E-state index contributed by atoms with van der Waals surface area (Å²) < 4.78 is 1.68. The molecule has 0 saturated carbocycles. The van der Waals surface area contributed by atoms with Crippen molar-refractivity contribution >= 4 is 5.65 Å². The Bertz CT molecular complexity index is 700. The molecule has 0 amide bonds. The van der Waals surface area contributed by atoms with E-state index >= 15 is 0 Å². The monoisotopic (exact) mass is 227 g/mol. The number of hydrogen-bond acceptors (Lipinski definition) is 2. The van der Waals surface area contributed by atoms with Crippen molar-refractivity contribution in [3.05, 3.63) is 38.9 Å². The van der Waals surface area contributed by atoms with Gasteiger partial charge in [0.15, 0.2) is 0 Å². The van der Waals surface area contributed by atoms with Crippen LogP contribution >= 0.6 is 0 Å². The standard InChI is InChI=1S/C13H13N3O/c1-8-6-12(17)16-11-5-3-2-4-10(11)15-13(16)9(8)7-14/h6,15H,2-5H2,1H3. The first-order chi connectivity index (χ1) is 8.22. The summed E-state index contributed by atoms with van der Waals surface area (Å²) in [7, 11) is 0. The first-order valence-electron chi connectivity index (χ1n) is 5.88. The van der Waals surface area contributed by atoms with E-state index in [-0.39, 0.29) is 5.56 Å². The van der Waals surface area contributed by atoms with Gasteiger partial charge >= 0.3 is 0 Å². The summed E-state index contributed by atoms with van der Waals surface area (Å²) in [5, 5.41) is 9.18. The number of aryl methyl sites for hydroxylation is 3. The zero-order valence-electron chi connectivity index (χ0n) is 9.71. The average Bonchev–Trinajstić information content (AvgIpc) is 2.68. The van der Waals surface area contributed by atoms with Crippen molar-refractivity contribution in [2.45, 2.75) is 32.6 Å². The number of aromatic nitrogens is 2. The zero-order chi connectivity index (χ0) is 12.0. The summed E-state index contributed by atoms with van der Waals surface area (Å²) in [6, 6.07) is 3.73. The molecular weight excluding hydrogens is 214 g/mol. The van der Waals surface area contributed by atoms with Crippen molar-refractivity contribution in [3.63, 3.8) is 0 Å². The third kappa shape index (κ3) is 1.32. The van der Waals surface area contributed by atoms with Crippen molar-refractivity contribution in [3.8, 4) is 6.07 Å². The Labute approximate surface area is 98.5 Å². The van der Waals surface area contributed by atoms with Gasteiger partial charge in [-0.2, -0.15) is 5.26 Å². The molecule has 0 saturated heterocycles. The molecule has 3 rings (SSSR count). The number of aromatic amines is 1. The van der Waals surface area contributed by atoms with Crippen LogP contribution in [0.25, 0.3) is 5.65 Å². The van der Waals surface area contributed by atoms with Gasteiger partial charge < -0.3 is 4.98 Å². The minimum Gasteiger partial charge on any atom is -0.342 e. The molecule has 4 heteroatoms. The van der Waals surface area contributed by atoms with Crippen molar-refractivity contribution in [1.29, 1.82) is 5.26 Å². The van der Waals surface area contributed by atoms with Gasteiger partial charge in [-0.25, -0.2) is 0 Å². The second kappa shape index (κ2) is 3.49. The minimum atomic E-state index is -0.0316. The van der Waals surface area contributed by atoms with E-state index in [2.05, 4.69) is 11.1 Å². The summed E-state index contributed by atoms with van der Waals surface area (Å²) in [6.45, 7) is 1.81. The van der Waals surface area contributed by atoms with Crippen LogP contribution in [0.2, 0.25) is 0 Å². The quantitative estimate of drug-likeness (QED) is 0.744. The van der Waals surface area contributed by atoms with Gasteiger partial charge in [0.05, 0.1) is 5.56 Å². The SMILES string of the molecule is Cc1cc(=O)n2c3c([nH]c2c1C#N)CCCC3. The molecule has 1 aliphatic rings. The Balaban J connectivity index is 2.49. The van der Waals surface area contributed by atoms with E-state index in [1.807, 2.05) is 0 Å². The van der Waals surface area contributed by atoms with E-state index in [4.69, 9.17) is 0 Å². The lowest BCUT2D eigenvalue weighted by Crippen LogP contribution is -2.17. The first kappa shape index (κ1) is 10.2. The topological polar surface area (TPSA) is 61.1 Å². The van der Waals surface area contributed by atoms with Gasteiger partial charge in [0.2, 0.25) is 0 Å². The zero-order valence-corrected chi connectivity index (χ0v) is 9.71. The van der Waals surface area contributed by atoms with Crippen LogP contribution < -0.4 is 5.56 Å². The molecule has 0 aromatic carbocycles. The van der Waals surface area contributed by atoms with E-state index < -0.39 is 0 Å². The fourth-order valence-corrected chi connectivity index (χ4v) is 2.67. The lowest BCUT2D eigenvalue weighted by atomic mass is 10.0. The molecule has 17 heavy (non-hydrogen) atoms. The maximum atomic E-state index is 12.0. The highest BCUT2D eigenvalue weighted by Gasteiger charge is 2.19. The minimum absolute atomic E-state index is 0.0316. The van der Waals surface area contributed by atoms with Crippen LogP contribution in [0.15, 0.2) is 10.9 Å². The molecule has 1 aliphatic carbocycles. The van der Waals surface area contributed by atoms with Gasteiger partial charge in [-0.1, -0.05) is 0 Å². The number of rotatable bonds is 0. The maximum absolute atomic E-state index is 12.0. The van der Waals surface area contributed by atoms with Crippen LogP contribution in [0.5, 0.6) is 0 Å². The molecule has 0 bridgehead atoms. The predicted molar refractivity (Wildman–Crippen MR) is 64.1 cm³/mol. The van der Waals surface area contributed by atoms with E-state index in [1.165, 1.54) is 0 Å². The van der Waals surface area contributed by atoms with Crippen LogP contribution in [0, 0.1) is 18.3 Å². The molecule has 2 aromatic rings. The fraction of sp³-hybridized carbons (Fsp3) is 0.385. The number of imidazole rings is 1. The molecule has 0 aliphatic heterocycles.